The number of carboxylic acids is 1. The molecule has 2 aromatic rings. The molecular formula is C14H16N4O3. The summed E-state index contributed by atoms with van der Waals surface area (Å²) in [4.78, 5) is 28.2. The van der Waals surface area contributed by atoms with Crippen molar-refractivity contribution in [2.75, 3.05) is 6.54 Å². The number of hydrogen-bond acceptors (Lipinski definition) is 4. The maximum atomic E-state index is 12.2. The molecule has 1 aromatic carbocycles. The van der Waals surface area contributed by atoms with Crippen LogP contribution in [0, 0.1) is 0 Å². The van der Waals surface area contributed by atoms with Crippen LogP contribution < -0.4 is 0 Å². The lowest BCUT2D eigenvalue weighted by Gasteiger charge is -2.20. The molecule has 1 aromatic heterocycles. The summed E-state index contributed by atoms with van der Waals surface area (Å²) < 4.78 is 1.54. The van der Waals surface area contributed by atoms with Gasteiger partial charge in [0.1, 0.15) is 19.2 Å². The second-order valence-electron chi connectivity index (χ2n) is 4.54. The Balaban J connectivity index is 1.97. The maximum Gasteiger partial charge on any atom is 0.323 e. The third-order valence-electron chi connectivity index (χ3n) is 2.92. The number of aryl methyl sites for hydroxylation is 1. The number of hydrogen-bond donors (Lipinski definition) is 1. The molecule has 0 saturated carbocycles. The molecule has 0 fully saturated rings. The minimum absolute atomic E-state index is 0.184. The Hall–Kier alpha value is -2.70. The lowest BCUT2D eigenvalue weighted by molar-refractivity contribution is -0.145. The summed E-state index contributed by atoms with van der Waals surface area (Å²) in [6.07, 6.45) is 3.10. The second kappa shape index (κ2) is 7.18. The number of nitrogens with zero attached hydrogens (tertiary/aromatic N) is 4. The highest BCUT2D eigenvalue weighted by Crippen LogP contribution is 2.06. The molecule has 110 valence electrons. The molecule has 0 saturated heterocycles. The monoisotopic (exact) mass is 288 g/mol. The van der Waals surface area contributed by atoms with Gasteiger partial charge in [-0.3, -0.25) is 14.3 Å². The Morgan fingerprint density at radius 2 is 2.00 bits per heavy atom. The number of aliphatic carboxylic acids is 1. The SMILES string of the molecule is O=C(O)CN(Cc1ccccc1)C(=O)CCn1cncn1. The van der Waals surface area contributed by atoms with Crippen LogP contribution in [0.5, 0.6) is 0 Å². The first-order chi connectivity index (χ1) is 10.1. The highest BCUT2D eigenvalue weighted by molar-refractivity contribution is 5.81. The Bertz CT molecular complexity index is 584. The number of carbonyl (C=O) groups is 2. The Labute approximate surface area is 121 Å². The van der Waals surface area contributed by atoms with Gasteiger partial charge in [-0.25, -0.2) is 4.98 Å². The molecule has 1 amide bonds. The Morgan fingerprint density at radius 3 is 2.62 bits per heavy atom. The standard InChI is InChI=1S/C14H16N4O3/c19-13(6-7-18-11-15-10-16-18)17(9-14(20)21)8-12-4-2-1-3-5-12/h1-5,10-11H,6-9H2,(H,20,21). The van der Waals surface area contributed by atoms with E-state index in [0.29, 0.717) is 6.54 Å². The number of carboxylic acid groups (broad SMARTS) is 1. The summed E-state index contributed by atoms with van der Waals surface area (Å²) in [5, 5.41) is 12.9. The van der Waals surface area contributed by atoms with Gasteiger partial charge in [0.2, 0.25) is 5.91 Å². The highest BCUT2D eigenvalue weighted by atomic mass is 16.4. The van der Waals surface area contributed by atoms with Crippen molar-refractivity contribution in [2.24, 2.45) is 0 Å². The normalized spacial score (nSPS) is 10.3. The molecule has 0 spiro atoms. The van der Waals surface area contributed by atoms with Crippen molar-refractivity contribution in [3.05, 3.63) is 48.5 Å². The van der Waals surface area contributed by atoms with E-state index in [1.165, 1.54) is 17.6 Å². The number of carbonyl (C=O) groups excluding carboxylic acids is 1. The number of rotatable bonds is 7. The summed E-state index contributed by atoms with van der Waals surface area (Å²) in [5.41, 5.74) is 0.896. The van der Waals surface area contributed by atoms with Crippen LogP contribution in [0.15, 0.2) is 43.0 Å². The molecule has 0 aliphatic heterocycles. The van der Waals surface area contributed by atoms with Crippen molar-refractivity contribution in [3.63, 3.8) is 0 Å². The van der Waals surface area contributed by atoms with Gasteiger partial charge in [-0.2, -0.15) is 5.10 Å². The minimum atomic E-state index is -1.03. The van der Waals surface area contributed by atoms with Crippen molar-refractivity contribution >= 4 is 11.9 Å². The predicted molar refractivity (Wildman–Crippen MR) is 74.1 cm³/mol. The average molecular weight is 288 g/mol. The summed E-state index contributed by atoms with van der Waals surface area (Å²) in [6.45, 7) is 0.345. The first kappa shape index (κ1) is 14.7. The zero-order valence-electron chi connectivity index (χ0n) is 11.4. The molecule has 1 N–H and O–H groups in total. The van der Waals surface area contributed by atoms with Crippen molar-refractivity contribution in [1.82, 2.24) is 19.7 Å². The number of benzene rings is 1. The van der Waals surface area contributed by atoms with Crippen LogP contribution in [-0.2, 0) is 22.7 Å². The van der Waals surface area contributed by atoms with Crippen LogP contribution in [0.3, 0.4) is 0 Å². The van der Waals surface area contributed by atoms with E-state index in [1.54, 1.807) is 4.68 Å². The zero-order chi connectivity index (χ0) is 15.1. The molecule has 21 heavy (non-hydrogen) atoms. The Kier molecular flexibility index (Phi) is 5.03. The Morgan fingerprint density at radius 1 is 1.24 bits per heavy atom. The fourth-order valence-electron chi connectivity index (χ4n) is 1.92. The van der Waals surface area contributed by atoms with Gasteiger partial charge in [0, 0.05) is 13.0 Å². The van der Waals surface area contributed by atoms with Crippen LogP contribution in [-0.4, -0.2) is 43.2 Å². The summed E-state index contributed by atoms with van der Waals surface area (Å²) in [7, 11) is 0. The van der Waals surface area contributed by atoms with E-state index in [2.05, 4.69) is 10.1 Å². The van der Waals surface area contributed by atoms with Crippen LogP contribution in [0.4, 0.5) is 0 Å². The highest BCUT2D eigenvalue weighted by Gasteiger charge is 2.17. The van der Waals surface area contributed by atoms with E-state index in [1.807, 2.05) is 30.3 Å². The maximum absolute atomic E-state index is 12.2. The quantitative estimate of drug-likeness (QED) is 0.813. The lowest BCUT2D eigenvalue weighted by Crippen LogP contribution is -2.35. The molecule has 7 heteroatoms. The molecule has 0 radical (unpaired) electrons. The van der Waals surface area contributed by atoms with E-state index < -0.39 is 5.97 Å². The molecule has 0 bridgehead atoms. The number of amides is 1. The van der Waals surface area contributed by atoms with Crippen molar-refractivity contribution in [2.45, 2.75) is 19.5 Å². The van der Waals surface area contributed by atoms with Gasteiger partial charge < -0.3 is 10.0 Å². The first-order valence-electron chi connectivity index (χ1n) is 6.51. The minimum Gasteiger partial charge on any atom is -0.480 e. The molecule has 7 nitrogen and oxygen atoms in total. The molecule has 2 rings (SSSR count). The molecule has 0 unspecified atom stereocenters. The topological polar surface area (TPSA) is 88.3 Å². The fraction of sp³-hybridized carbons (Fsp3) is 0.286. The van der Waals surface area contributed by atoms with Gasteiger partial charge in [0.15, 0.2) is 0 Å². The van der Waals surface area contributed by atoms with Gasteiger partial charge in [-0.15, -0.1) is 0 Å². The van der Waals surface area contributed by atoms with E-state index in [0.717, 1.165) is 5.56 Å². The smallest absolute Gasteiger partial charge is 0.323 e. The summed E-state index contributed by atoms with van der Waals surface area (Å²) >= 11 is 0. The van der Waals surface area contributed by atoms with Crippen molar-refractivity contribution in [1.29, 1.82) is 0 Å². The van der Waals surface area contributed by atoms with E-state index in [4.69, 9.17) is 5.11 Å². The van der Waals surface area contributed by atoms with Gasteiger partial charge in [0.25, 0.3) is 0 Å². The van der Waals surface area contributed by atoms with Gasteiger partial charge in [0.05, 0.1) is 6.54 Å². The molecular weight excluding hydrogens is 272 g/mol. The van der Waals surface area contributed by atoms with Crippen LogP contribution in [0.1, 0.15) is 12.0 Å². The third kappa shape index (κ3) is 4.72. The van der Waals surface area contributed by atoms with Gasteiger partial charge in [-0.05, 0) is 5.56 Å². The zero-order valence-corrected chi connectivity index (χ0v) is 11.4. The number of aromatic nitrogens is 3. The van der Waals surface area contributed by atoms with E-state index in [-0.39, 0.29) is 25.4 Å². The van der Waals surface area contributed by atoms with Gasteiger partial charge in [-0.1, -0.05) is 30.3 Å². The van der Waals surface area contributed by atoms with Crippen LogP contribution in [0.2, 0.25) is 0 Å². The van der Waals surface area contributed by atoms with Crippen LogP contribution in [0.25, 0.3) is 0 Å². The van der Waals surface area contributed by atoms with Crippen molar-refractivity contribution in [3.8, 4) is 0 Å². The molecule has 0 aliphatic rings. The largest absolute Gasteiger partial charge is 0.480 e. The third-order valence-corrected chi connectivity index (χ3v) is 2.92. The predicted octanol–water partition coefficient (Wildman–Crippen LogP) is 0.782. The lowest BCUT2D eigenvalue weighted by atomic mass is 10.2. The molecule has 1 heterocycles. The van der Waals surface area contributed by atoms with Crippen molar-refractivity contribution < 1.29 is 14.7 Å². The fourth-order valence-corrected chi connectivity index (χ4v) is 1.92. The second-order valence-corrected chi connectivity index (χ2v) is 4.54. The average Bonchev–Trinajstić information content (AvgIpc) is 2.98. The molecule has 0 aliphatic carbocycles. The summed E-state index contributed by atoms with van der Waals surface area (Å²) in [5.74, 6) is -1.25. The molecule has 0 atom stereocenters. The van der Waals surface area contributed by atoms with Gasteiger partial charge >= 0.3 is 5.97 Å². The summed E-state index contributed by atoms with van der Waals surface area (Å²) in [6, 6.07) is 9.30. The van der Waals surface area contributed by atoms with E-state index >= 15 is 0 Å². The van der Waals surface area contributed by atoms with Crippen LogP contribution >= 0.6 is 0 Å². The van der Waals surface area contributed by atoms with E-state index in [9.17, 15) is 9.59 Å². The first-order valence-corrected chi connectivity index (χ1v) is 6.51.